The maximum absolute atomic E-state index is 11.3. The first-order chi connectivity index (χ1) is 11.5. The molecule has 0 aliphatic carbocycles. The fraction of sp³-hybridized carbons (Fsp3) is 0.412. The summed E-state index contributed by atoms with van der Waals surface area (Å²) in [6.45, 7) is 6.96. The lowest BCUT2D eigenvalue weighted by molar-refractivity contribution is -0.115. The Hall–Kier alpha value is -2.15. The van der Waals surface area contributed by atoms with Crippen LogP contribution in [-0.2, 0) is 4.79 Å². The molecule has 0 atom stereocenters. The van der Waals surface area contributed by atoms with Crippen LogP contribution in [0.25, 0.3) is 0 Å². The van der Waals surface area contributed by atoms with Crippen LogP contribution in [0.4, 0.5) is 5.69 Å². The molecule has 1 fully saturated rings. The zero-order valence-electron chi connectivity index (χ0n) is 13.9. The third-order valence-corrected chi connectivity index (χ3v) is 4.94. The van der Waals surface area contributed by atoms with E-state index in [4.69, 9.17) is 0 Å². The molecule has 3 rings (SSSR count). The molecule has 0 N–H and O–H groups in total. The van der Waals surface area contributed by atoms with Crippen molar-refractivity contribution in [2.45, 2.75) is 13.8 Å². The van der Waals surface area contributed by atoms with Crippen LogP contribution >= 0.6 is 11.8 Å². The third-order valence-electron chi connectivity index (χ3n) is 4.00. The molecule has 7 heteroatoms. The predicted molar refractivity (Wildman–Crippen MR) is 98.2 cm³/mol. The van der Waals surface area contributed by atoms with Crippen molar-refractivity contribution in [2.24, 2.45) is 9.98 Å². The highest BCUT2D eigenvalue weighted by atomic mass is 32.2. The number of rotatable bonds is 4. The molecular formula is C17H20N4O2S. The minimum absolute atomic E-state index is 0.0520. The summed E-state index contributed by atoms with van der Waals surface area (Å²) in [5, 5.41) is 1.69. The van der Waals surface area contributed by atoms with Gasteiger partial charge in [-0.2, -0.15) is 4.99 Å². The van der Waals surface area contributed by atoms with E-state index in [9.17, 15) is 9.59 Å². The molecule has 0 amide bonds. The molecule has 2 aliphatic heterocycles. The van der Waals surface area contributed by atoms with Gasteiger partial charge in [-0.15, -0.1) is 0 Å². The van der Waals surface area contributed by atoms with Gasteiger partial charge in [0.1, 0.15) is 6.54 Å². The number of carbonyl (C=O) groups excluding carboxylic acids is 2. The summed E-state index contributed by atoms with van der Waals surface area (Å²) in [5.41, 5.74) is 1.89. The quantitative estimate of drug-likeness (QED) is 0.782. The molecule has 0 aromatic heterocycles. The largest absolute Gasteiger partial charge is 0.368 e. The van der Waals surface area contributed by atoms with Gasteiger partial charge in [0, 0.05) is 37.4 Å². The van der Waals surface area contributed by atoms with Gasteiger partial charge in [0.2, 0.25) is 0 Å². The van der Waals surface area contributed by atoms with Crippen molar-refractivity contribution >= 4 is 39.4 Å². The molecule has 0 radical (unpaired) electrons. The van der Waals surface area contributed by atoms with Crippen LogP contribution in [0.15, 0.2) is 34.3 Å². The summed E-state index contributed by atoms with van der Waals surface area (Å²) in [7, 11) is 0. The number of amidine groups is 2. The zero-order chi connectivity index (χ0) is 17.1. The summed E-state index contributed by atoms with van der Waals surface area (Å²) in [6, 6.07) is 7.78. The second kappa shape index (κ2) is 7.17. The summed E-state index contributed by atoms with van der Waals surface area (Å²) in [6.07, 6.45) is 0. The summed E-state index contributed by atoms with van der Waals surface area (Å²) < 4.78 is 0. The smallest absolute Gasteiger partial charge is 0.193 e. The second-order valence-corrected chi connectivity index (χ2v) is 6.81. The van der Waals surface area contributed by atoms with Crippen molar-refractivity contribution in [1.82, 2.24) is 4.90 Å². The summed E-state index contributed by atoms with van der Waals surface area (Å²) in [5.74, 6) is 0.143. The highest BCUT2D eigenvalue weighted by Crippen LogP contribution is 2.25. The van der Waals surface area contributed by atoms with Crippen molar-refractivity contribution in [3.05, 3.63) is 29.8 Å². The average Bonchev–Trinajstić information content (AvgIpc) is 2.54. The number of anilines is 1. The summed E-state index contributed by atoms with van der Waals surface area (Å²) in [4.78, 5) is 35.3. The Bertz CT molecular complexity index is 704. The van der Waals surface area contributed by atoms with Gasteiger partial charge in [0.05, 0.1) is 0 Å². The van der Waals surface area contributed by atoms with Gasteiger partial charge < -0.3 is 9.80 Å². The fourth-order valence-corrected chi connectivity index (χ4v) is 3.35. The lowest BCUT2D eigenvalue weighted by Crippen LogP contribution is -2.49. The van der Waals surface area contributed by atoms with E-state index in [1.165, 1.54) is 6.92 Å². The highest BCUT2D eigenvalue weighted by molar-refractivity contribution is 8.28. The van der Waals surface area contributed by atoms with Gasteiger partial charge in [0.25, 0.3) is 0 Å². The predicted octanol–water partition coefficient (Wildman–Crippen LogP) is 2.06. The molecule has 1 saturated heterocycles. The standard InChI is InChI=1S/C17H20N4O2S/c1-12(22)11-18-16-19-17(24-16)21-9-7-20(8-10-21)15-5-3-14(4-6-15)13(2)23/h3-6H,7-11H2,1-2H3. The number of hydrogen-bond acceptors (Lipinski definition) is 6. The first-order valence-corrected chi connectivity index (χ1v) is 8.76. The SMILES string of the molecule is CC(=O)CN=C1N=C(N2CCN(c3ccc(C(C)=O)cc3)CC2)S1. The Morgan fingerprint density at radius 3 is 2.21 bits per heavy atom. The van der Waals surface area contributed by atoms with E-state index in [0.29, 0.717) is 5.17 Å². The first kappa shape index (κ1) is 16.7. The number of nitrogens with zero attached hydrogens (tertiary/aromatic N) is 4. The number of aliphatic imine (C=N–C) groups is 2. The van der Waals surface area contributed by atoms with E-state index in [-0.39, 0.29) is 18.1 Å². The van der Waals surface area contributed by atoms with E-state index >= 15 is 0 Å². The third kappa shape index (κ3) is 3.84. The van der Waals surface area contributed by atoms with Gasteiger partial charge >= 0.3 is 0 Å². The van der Waals surface area contributed by atoms with Crippen LogP contribution in [0, 0.1) is 0 Å². The number of Topliss-reactive ketones (excluding diaryl/α,β-unsaturated/α-hetero) is 2. The van der Waals surface area contributed by atoms with Crippen molar-refractivity contribution in [1.29, 1.82) is 0 Å². The number of benzene rings is 1. The van der Waals surface area contributed by atoms with Crippen LogP contribution in [0.2, 0.25) is 0 Å². The van der Waals surface area contributed by atoms with Crippen molar-refractivity contribution in [3.63, 3.8) is 0 Å². The highest BCUT2D eigenvalue weighted by Gasteiger charge is 2.27. The maximum atomic E-state index is 11.3. The van der Waals surface area contributed by atoms with E-state index in [1.54, 1.807) is 18.7 Å². The Balaban J connectivity index is 1.53. The van der Waals surface area contributed by atoms with Gasteiger partial charge in [-0.05, 0) is 49.9 Å². The molecule has 2 heterocycles. The van der Waals surface area contributed by atoms with Crippen molar-refractivity contribution in [3.8, 4) is 0 Å². The molecule has 1 aromatic rings. The molecule has 0 spiro atoms. The van der Waals surface area contributed by atoms with Crippen LogP contribution < -0.4 is 4.90 Å². The van der Waals surface area contributed by atoms with Crippen LogP contribution in [0.1, 0.15) is 24.2 Å². The van der Waals surface area contributed by atoms with Crippen molar-refractivity contribution in [2.75, 3.05) is 37.6 Å². The number of carbonyl (C=O) groups is 2. The van der Waals surface area contributed by atoms with E-state index in [2.05, 4.69) is 19.8 Å². The molecule has 1 aromatic carbocycles. The van der Waals surface area contributed by atoms with E-state index < -0.39 is 0 Å². The first-order valence-electron chi connectivity index (χ1n) is 7.94. The number of thioether (sulfide) groups is 1. The molecule has 0 bridgehead atoms. The minimum atomic E-state index is 0.0520. The number of piperazine rings is 1. The Kier molecular flexibility index (Phi) is 4.99. The van der Waals surface area contributed by atoms with E-state index in [1.807, 2.05) is 24.3 Å². The minimum Gasteiger partial charge on any atom is -0.368 e. The zero-order valence-corrected chi connectivity index (χ0v) is 14.7. The molecular weight excluding hydrogens is 324 g/mol. The van der Waals surface area contributed by atoms with Gasteiger partial charge in [-0.3, -0.25) is 14.6 Å². The number of hydrogen-bond donors (Lipinski definition) is 0. The average molecular weight is 344 g/mol. The van der Waals surface area contributed by atoms with Gasteiger partial charge in [-0.1, -0.05) is 0 Å². The lowest BCUT2D eigenvalue weighted by atomic mass is 10.1. The molecule has 24 heavy (non-hydrogen) atoms. The monoisotopic (exact) mass is 344 g/mol. The molecule has 6 nitrogen and oxygen atoms in total. The topological polar surface area (TPSA) is 65.3 Å². The molecule has 2 aliphatic rings. The van der Waals surface area contributed by atoms with Crippen molar-refractivity contribution < 1.29 is 9.59 Å². The fourth-order valence-electron chi connectivity index (χ4n) is 2.61. The Labute approximate surface area is 145 Å². The van der Waals surface area contributed by atoms with Crippen LogP contribution in [0.3, 0.4) is 0 Å². The second-order valence-electron chi connectivity index (χ2n) is 5.87. The normalized spacial score (nSPS) is 19.1. The maximum Gasteiger partial charge on any atom is 0.193 e. The van der Waals surface area contributed by atoms with Crippen LogP contribution in [0.5, 0.6) is 0 Å². The molecule has 0 unspecified atom stereocenters. The van der Waals surface area contributed by atoms with E-state index in [0.717, 1.165) is 42.6 Å². The van der Waals surface area contributed by atoms with Gasteiger partial charge in [0.15, 0.2) is 21.9 Å². The van der Waals surface area contributed by atoms with Crippen LogP contribution in [-0.4, -0.2) is 59.5 Å². The van der Waals surface area contributed by atoms with Gasteiger partial charge in [-0.25, -0.2) is 0 Å². The Morgan fingerprint density at radius 1 is 1.08 bits per heavy atom. The molecule has 0 saturated carbocycles. The Morgan fingerprint density at radius 2 is 1.67 bits per heavy atom. The molecule has 126 valence electrons. The summed E-state index contributed by atoms with van der Waals surface area (Å²) >= 11 is 1.54. The lowest BCUT2D eigenvalue weighted by Gasteiger charge is -2.38. The number of ketones is 2.